The van der Waals surface area contributed by atoms with Crippen LogP contribution >= 0.6 is 23.2 Å². The van der Waals surface area contributed by atoms with Crippen molar-refractivity contribution in [3.8, 4) is 5.69 Å². The van der Waals surface area contributed by atoms with Crippen LogP contribution in [0.3, 0.4) is 0 Å². The van der Waals surface area contributed by atoms with Gasteiger partial charge in [-0.05, 0) is 31.9 Å². The number of carbonyl (C=O) groups excluding carboxylic acids is 1. The van der Waals surface area contributed by atoms with Gasteiger partial charge in [0.1, 0.15) is 11.5 Å². The second kappa shape index (κ2) is 9.54. The Hall–Kier alpha value is -2.12. The van der Waals surface area contributed by atoms with Gasteiger partial charge in [0.15, 0.2) is 0 Å². The number of amides is 1. The zero-order chi connectivity index (χ0) is 19.1. The van der Waals surface area contributed by atoms with Crippen molar-refractivity contribution < 1.29 is 14.7 Å². The smallest absolute Gasteiger partial charge is 0.303 e. The van der Waals surface area contributed by atoms with Crippen LogP contribution in [0.4, 0.5) is 0 Å². The van der Waals surface area contributed by atoms with Crippen LogP contribution in [0.25, 0.3) is 5.69 Å². The van der Waals surface area contributed by atoms with Gasteiger partial charge in [-0.2, -0.15) is 0 Å². The normalized spacial score (nSPS) is 10.7. The first-order valence-corrected chi connectivity index (χ1v) is 9.03. The average molecular weight is 399 g/mol. The third kappa shape index (κ3) is 5.44. The van der Waals surface area contributed by atoms with E-state index in [9.17, 15) is 9.59 Å². The van der Waals surface area contributed by atoms with Gasteiger partial charge in [0, 0.05) is 13.0 Å². The Kier molecular flexibility index (Phi) is 7.41. The fraction of sp³-hybridized carbons (Fsp3) is 0.412. The quantitative estimate of drug-likeness (QED) is 0.628. The molecular formula is C17H20Cl2N4O3. The van der Waals surface area contributed by atoms with Gasteiger partial charge in [-0.15, -0.1) is 5.10 Å². The van der Waals surface area contributed by atoms with Crippen molar-refractivity contribution in [1.82, 2.24) is 20.1 Å². The van der Waals surface area contributed by atoms with E-state index in [-0.39, 0.29) is 18.2 Å². The number of carbonyl (C=O) groups is 2. The molecule has 0 unspecified atom stereocenters. The molecule has 0 saturated heterocycles. The second-order valence-corrected chi connectivity index (χ2v) is 6.59. The molecule has 1 aromatic heterocycles. The molecule has 0 aliphatic carbocycles. The molecule has 0 fully saturated rings. The fourth-order valence-corrected chi connectivity index (χ4v) is 2.98. The van der Waals surface area contributed by atoms with Crippen LogP contribution in [0.15, 0.2) is 18.2 Å². The average Bonchev–Trinajstić information content (AvgIpc) is 2.95. The molecule has 1 aromatic carbocycles. The highest BCUT2D eigenvalue weighted by molar-refractivity contribution is 6.37. The summed E-state index contributed by atoms with van der Waals surface area (Å²) in [5.74, 6) is -0.613. The van der Waals surface area contributed by atoms with Crippen molar-refractivity contribution in [1.29, 1.82) is 0 Å². The summed E-state index contributed by atoms with van der Waals surface area (Å²) in [4.78, 5) is 26.8. The summed E-state index contributed by atoms with van der Waals surface area (Å²) in [5.41, 5.74) is 0.485. The lowest BCUT2D eigenvalue weighted by Gasteiger charge is -2.07. The maximum absolute atomic E-state index is 12.2. The Morgan fingerprint density at radius 2 is 1.81 bits per heavy atom. The van der Waals surface area contributed by atoms with E-state index in [0.29, 0.717) is 34.5 Å². The van der Waals surface area contributed by atoms with Crippen molar-refractivity contribution in [3.05, 3.63) is 39.9 Å². The molecule has 0 spiro atoms. The first kappa shape index (κ1) is 20.2. The lowest BCUT2D eigenvalue weighted by atomic mass is 10.1. The van der Waals surface area contributed by atoms with Crippen molar-refractivity contribution >= 4 is 35.1 Å². The first-order valence-electron chi connectivity index (χ1n) is 8.28. The largest absolute Gasteiger partial charge is 0.481 e. The van der Waals surface area contributed by atoms with Crippen LogP contribution in [0.1, 0.15) is 48.5 Å². The molecule has 0 radical (unpaired) electrons. The number of aliphatic carboxylic acids is 1. The molecule has 9 heteroatoms. The number of rotatable bonds is 9. The van der Waals surface area contributed by atoms with E-state index in [4.69, 9.17) is 28.3 Å². The topological polar surface area (TPSA) is 97.1 Å². The fourth-order valence-electron chi connectivity index (χ4n) is 2.43. The Balaban J connectivity index is 1.90. The number of hydrogen-bond acceptors (Lipinski definition) is 4. The van der Waals surface area contributed by atoms with Gasteiger partial charge in [0.05, 0.1) is 10.0 Å². The summed E-state index contributed by atoms with van der Waals surface area (Å²) in [6, 6.07) is 5.10. The maximum Gasteiger partial charge on any atom is 0.303 e. The van der Waals surface area contributed by atoms with Gasteiger partial charge in [-0.25, -0.2) is 9.67 Å². The van der Waals surface area contributed by atoms with E-state index in [1.54, 1.807) is 25.1 Å². The van der Waals surface area contributed by atoms with E-state index in [2.05, 4.69) is 15.4 Å². The number of unbranched alkanes of at least 4 members (excludes halogenated alkanes) is 3. The van der Waals surface area contributed by atoms with Crippen LogP contribution < -0.4 is 5.32 Å². The molecule has 2 N–H and O–H groups in total. The summed E-state index contributed by atoms with van der Waals surface area (Å²) in [7, 11) is 0. The highest BCUT2D eigenvalue weighted by Gasteiger charge is 2.18. The second-order valence-electron chi connectivity index (χ2n) is 5.78. The van der Waals surface area contributed by atoms with Gasteiger partial charge in [-0.3, -0.25) is 9.59 Å². The Bertz CT molecular complexity index is 772. The number of hydrogen-bond donors (Lipinski definition) is 2. The third-order valence-electron chi connectivity index (χ3n) is 3.72. The van der Waals surface area contributed by atoms with Crippen LogP contribution in [0.5, 0.6) is 0 Å². The number of halogens is 2. The summed E-state index contributed by atoms with van der Waals surface area (Å²) in [6.07, 6.45) is 3.26. The number of benzene rings is 1. The van der Waals surface area contributed by atoms with Gasteiger partial charge in [0.25, 0.3) is 5.91 Å². The van der Waals surface area contributed by atoms with Crippen LogP contribution in [0, 0.1) is 6.92 Å². The van der Waals surface area contributed by atoms with Crippen LogP contribution in [0.2, 0.25) is 10.0 Å². The molecule has 1 amide bonds. The predicted octanol–water partition coefficient (Wildman–Crippen LogP) is 3.65. The highest BCUT2D eigenvalue weighted by Crippen LogP contribution is 2.28. The van der Waals surface area contributed by atoms with E-state index >= 15 is 0 Å². The van der Waals surface area contributed by atoms with Crippen LogP contribution in [-0.4, -0.2) is 38.3 Å². The van der Waals surface area contributed by atoms with Gasteiger partial charge >= 0.3 is 5.97 Å². The Labute approximate surface area is 161 Å². The van der Waals surface area contributed by atoms with Gasteiger partial charge in [0.2, 0.25) is 5.82 Å². The number of aryl methyl sites for hydroxylation is 1. The zero-order valence-corrected chi connectivity index (χ0v) is 15.8. The molecule has 0 aliphatic heterocycles. The number of carboxylic acid groups (broad SMARTS) is 1. The van der Waals surface area contributed by atoms with Gasteiger partial charge < -0.3 is 10.4 Å². The molecule has 0 atom stereocenters. The molecule has 2 rings (SSSR count). The third-order valence-corrected chi connectivity index (χ3v) is 4.33. The molecule has 7 nitrogen and oxygen atoms in total. The molecular weight excluding hydrogens is 379 g/mol. The molecule has 2 aromatic rings. The summed E-state index contributed by atoms with van der Waals surface area (Å²) >= 11 is 12.4. The maximum atomic E-state index is 12.2. The molecule has 0 saturated carbocycles. The standard InChI is InChI=1S/C17H20Cl2N4O3/c1-11-21-16(17(26)20-10-5-3-2-4-9-14(24)25)22-23(11)15-12(18)7-6-8-13(15)19/h6-8H,2-5,9-10H2,1H3,(H,20,26)(H,24,25). The van der Waals surface area contributed by atoms with Crippen molar-refractivity contribution in [2.75, 3.05) is 6.54 Å². The monoisotopic (exact) mass is 398 g/mol. The highest BCUT2D eigenvalue weighted by atomic mass is 35.5. The lowest BCUT2D eigenvalue weighted by Crippen LogP contribution is -2.25. The predicted molar refractivity (Wildman–Crippen MR) is 99.2 cm³/mol. The lowest BCUT2D eigenvalue weighted by molar-refractivity contribution is -0.137. The van der Waals surface area contributed by atoms with Gasteiger partial charge in [-0.1, -0.05) is 42.1 Å². The molecule has 26 heavy (non-hydrogen) atoms. The molecule has 140 valence electrons. The van der Waals surface area contributed by atoms with Crippen LogP contribution in [-0.2, 0) is 4.79 Å². The molecule has 1 heterocycles. The molecule has 0 aliphatic rings. The SMILES string of the molecule is Cc1nc(C(=O)NCCCCCCC(=O)O)nn1-c1c(Cl)cccc1Cl. The Morgan fingerprint density at radius 1 is 1.15 bits per heavy atom. The first-order chi connectivity index (χ1) is 12.4. The van der Waals surface area contributed by atoms with E-state index < -0.39 is 5.97 Å². The van der Waals surface area contributed by atoms with Crippen molar-refractivity contribution in [2.45, 2.75) is 39.0 Å². The van der Waals surface area contributed by atoms with Crippen molar-refractivity contribution in [2.24, 2.45) is 0 Å². The van der Waals surface area contributed by atoms with E-state index in [1.807, 2.05) is 0 Å². The van der Waals surface area contributed by atoms with E-state index in [0.717, 1.165) is 19.3 Å². The minimum atomic E-state index is -0.783. The number of aromatic nitrogens is 3. The molecule has 0 bridgehead atoms. The summed E-state index contributed by atoms with van der Waals surface area (Å²) in [6.45, 7) is 2.19. The summed E-state index contributed by atoms with van der Waals surface area (Å²) < 4.78 is 1.45. The minimum absolute atomic E-state index is 0.0457. The summed E-state index contributed by atoms with van der Waals surface area (Å²) in [5, 5.41) is 16.4. The number of nitrogens with one attached hydrogen (secondary N) is 1. The number of nitrogens with zero attached hydrogens (tertiary/aromatic N) is 3. The minimum Gasteiger partial charge on any atom is -0.481 e. The Morgan fingerprint density at radius 3 is 2.46 bits per heavy atom. The number of para-hydroxylation sites is 1. The zero-order valence-electron chi connectivity index (χ0n) is 14.3. The van der Waals surface area contributed by atoms with Crippen molar-refractivity contribution in [3.63, 3.8) is 0 Å². The number of carboxylic acids is 1. The van der Waals surface area contributed by atoms with E-state index in [1.165, 1.54) is 4.68 Å².